The van der Waals surface area contributed by atoms with Crippen molar-refractivity contribution < 1.29 is 9.59 Å². The van der Waals surface area contributed by atoms with E-state index in [4.69, 9.17) is 0 Å². The first-order valence-electron chi connectivity index (χ1n) is 11.1. The number of rotatable bonds is 6. The zero-order valence-electron chi connectivity index (χ0n) is 17.9. The molecule has 4 nitrogen and oxygen atoms in total. The van der Waals surface area contributed by atoms with E-state index < -0.39 is 0 Å². The minimum absolute atomic E-state index is 0.0177. The number of benzene rings is 2. The molecule has 1 atom stereocenters. The van der Waals surface area contributed by atoms with E-state index in [1.165, 1.54) is 10.4 Å². The Morgan fingerprint density at radius 2 is 1.72 bits per heavy atom. The Kier molecular flexibility index (Phi) is 5.91. The van der Waals surface area contributed by atoms with Crippen molar-refractivity contribution in [3.63, 3.8) is 0 Å². The minimum atomic E-state index is -0.0887. The molecule has 2 aromatic carbocycles. The lowest BCUT2D eigenvalue weighted by Gasteiger charge is -2.37. The molecular weight excluding hydrogens is 416 g/mol. The van der Waals surface area contributed by atoms with Crippen LogP contribution >= 0.6 is 11.3 Å². The summed E-state index contributed by atoms with van der Waals surface area (Å²) in [6.07, 6.45) is 6.23. The summed E-state index contributed by atoms with van der Waals surface area (Å²) in [7, 11) is 0. The quantitative estimate of drug-likeness (QED) is 0.508. The highest BCUT2D eigenvalue weighted by Crippen LogP contribution is 2.38. The predicted molar refractivity (Wildman–Crippen MR) is 128 cm³/mol. The molecule has 32 heavy (non-hydrogen) atoms. The van der Waals surface area contributed by atoms with Gasteiger partial charge in [-0.1, -0.05) is 60.7 Å². The number of hydrogen-bond acceptors (Lipinski definition) is 3. The first kappa shape index (κ1) is 20.7. The number of amides is 2. The molecule has 162 valence electrons. The fraction of sp³-hybridized carbons (Fsp3) is 0.259. The van der Waals surface area contributed by atoms with E-state index in [1.54, 1.807) is 22.3 Å². The second-order valence-electron chi connectivity index (χ2n) is 8.39. The Hall–Kier alpha value is -3.18. The Morgan fingerprint density at radius 1 is 1.00 bits per heavy atom. The number of thiophene rings is 1. The van der Waals surface area contributed by atoms with Crippen LogP contribution in [0, 0.1) is 0 Å². The van der Waals surface area contributed by atoms with Gasteiger partial charge < -0.3 is 9.80 Å². The number of carbonyl (C=O) groups excluding carboxylic acids is 2. The molecule has 0 saturated heterocycles. The summed E-state index contributed by atoms with van der Waals surface area (Å²) >= 11 is 1.76. The molecule has 5 heteroatoms. The van der Waals surface area contributed by atoms with Crippen molar-refractivity contribution in [2.45, 2.75) is 31.3 Å². The number of fused-ring (bicyclic) bond motifs is 1. The molecule has 2 amide bonds. The van der Waals surface area contributed by atoms with E-state index >= 15 is 0 Å². The van der Waals surface area contributed by atoms with Gasteiger partial charge in [0.2, 0.25) is 11.8 Å². The fourth-order valence-corrected chi connectivity index (χ4v) is 5.32. The molecule has 0 N–H and O–H groups in total. The maximum absolute atomic E-state index is 13.5. The lowest BCUT2D eigenvalue weighted by atomic mass is 9.93. The SMILES string of the molecule is O=C(/C=C/c1ccccc1)N(CC(=O)N1CCc2sccc2C1c1ccccc1)C1CC1. The average Bonchev–Trinajstić information content (AvgIpc) is 3.57. The van der Waals surface area contributed by atoms with Gasteiger partial charge in [0.05, 0.1) is 6.04 Å². The summed E-state index contributed by atoms with van der Waals surface area (Å²) in [5.41, 5.74) is 3.32. The van der Waals surface area contributed by atoms with Crippen LogP contribution in [0.5, 0.6) is 0 Å². The van der Waals surface area contributed by atoms with Gasteiger partial charge in [0, 0.05) is 23.5 Å². The molecule has 1 aromatic heterocycles. The number of nitrogens with zero attached hydrogens (tertiary/aromatic N) is 2. The predicted octanol–water partition coefficient (Wildman–Crippen LogP) is 4.93. The van der Waals surface area contributed by atoms with Gasteiger partial charge in [-0.15, -0.1) is 11.3 Å². The lowest BCUT2D eigenvalue weighted by Crippen LogP contribution is -2.47. The molecule has 0 bridgehead atoms. The maximum Gasteiger partial charge on any atom is 0.247 e. The molecule has 1 saturated carbocycles. The van der Waals surface area contributed by atoms with E-state index in [0.717, 1.165) is 30.4 Å². The molecule has 2 aliphatic rings. The lowest BCUT2D eigenvalue weighted by molar-refractivity contribution is -0.140. The zero-order valence-corrected chi connectivity index (χ0v) is 18.7. The molecule has 5 rings (SSSR count). The summed E-state index contributed by atoms with van der Waals surface area (Å²) in [4.78, 5) is 31.6. The summed E-state index contributed by atoms with van der Waals surface area (Å²) in [5.74, 6) is -0.0711. The van der Waals surface area contributed by atoms with Crippen LogP contribution < -0.4 is 0 Å². The van der Waals surface area contributed by atoms with Gasteiger partial charge >= 0.3 is 0 Å². The van der Waals surface area contributed by atoms with Crippen molar-refractivity contribution >= 4 is 29.2 Å². The Labute approximate surface area is 192 Å². The molecule has 1 aliphatic carbocycles. The third-order valence-corrected chi connectivity index (χ3v) is 7.19. The van der Waals surface area contributed by atoms with E-state index in [1.807, 2.05) is 59.5 Å². The van der Waals surface area contributed by atoms with E-state index in [0.29, 0.717) is 6.54 Å². The molecule has 2 heterocycles. The van der Waals surface area contributed by atoms with Gasteiger partial charge in [-0.2, -0.15) is 0 Å². The van der Waals surface area contributed by atoms with Gasteiger partial charge in [0.25, 0.3) is 0 Å². The van der Waals surface area contributed by atoms with Crippen LogP contribution in [0.4, 0.5) is 0 Å². The smallest absolute Gasteiger partial charge is 0.247 e. The third kappa shape index (κ3) is 4.39. The van der Waals surface area contributed by atoms with Crippen LogP contribution in [0.3, 0.4) is 0 Å². The largest absolute Gasteiger partial charge is 0.330 e. The average molecular weight is 443 g/mol. The fourth-order valence-electron chi connectivity index (χ4n) is 4.42. The number of hydrogen-bond donors (Lipinski definition) is 0. The minimum Gasteiger partial charge on any atom is -0.330 e. The molecule has 1 unspecified atom stereocenters. The first-order valence-corrected chi connectivity index (χ1v) is 12.0. The van der Waals surface area contributed by atoms with Crippen molar-refractivity contribution in [2.75, 3.05) is 13.1 Å². The number of carbonyl (C=O) groups is 2. The van der Waals surface area contributed by atoms with Crippen LogP contribution in [0.15, 0.2) is 78.2 Å². The topological polar surface area (TPSA) is 40.6 Å². The van der Waals surface area contributed by atoms with Gasteiger partial charge in [0.1, 0.15) is 6.54 Å². The van der Waals surface area contributed by atoms with Gasteiger partial charge in [0.15, 0.2) is 0 Å². The van der Waals surface area contributed by atoms with Crippen LogP contribution in [-0.4, -0.2) is 40.7 Å². The molecule has 3 aromatic rings. The third-order valence-electron chi connectivity index (χ3n) is 6.20. The van der Waals surface area contributed by atoms with Crippen LogP contribution in [-0.2, 0) is 16.0 Å². The van der Waals surface area contributed by atoms with Crippen LogP contribution in [0.2, 0.25) is 0 Å². The maximum atomic E-state index is 13.5. The summed E-state index contributed by atoms with van der Waals surface area (Å²) < 4.78 is 0. The zero-order chi connectivity index (χ0) is 21.9. The van der Waals surface area contributed by atoms with E-state index in [9.17, 15) is 9.59 Å². The molecule has 1 fully saturated rings. The summed E-state index contributed by atoms with van der Waals surface area (Å²) in [5, 5.41) is 2.11. The molecule has 1 aliphatic heterocycles. The Balaban J connectivity index is 1.36. The Bertz CT molecular complexity index is 1120. The summed E-state index contributed by atoms with van der Waals surface area (Å²) in [6.45, 7) is 0.809. The molecule has 0 spiro atoms. The molecular formula is C27H26N2O2S. The van der Waals surface area contributed by atoms with Crippen molar-refractivity contribution in [3.05, 3.63) is 99.8 Å². The highest BCUT2D eigenvalue weighted by Gasteiger charge is 2.37. The Morgan fingerprint density at radius 3 is 2.44 bits per heavy atom. The summed E-state index contributed by atoms with van der Waals surface area (Å²) in [6, 6.07) is 22.2. The van der Waals surface area contributed by atoms with Crippen LogP contribution in [0.1, 0.15) is 40.5 Å². The van der Waals surface area contributed by atoms with Crippen LogP contribution in [0.25, 0.3) is 6.08 Å². The van der Waals surface area contributed by atoms with E-state index in [-0.39, 0.29) is 30.4 Å². The van der Waals surface area contributed by atoms with Gasteiger partial charge in [-0.3, -0.25) is 9.59 Å². The van der Waals surface area contributed by atoms with Crippen molar-refractivity contribution in [3.8, 4) is 0 Å². The second-order valence-corrected chi connectivity index (χ2v) is 9.39. The van der Waals surface area contributed by atoms with E-state index in [2.05, 4.69) is 23.6 Å². The monoisotopic (exact) mass is 442 g/mol. The first-order chi connectivity index (χ1) is 15.7. The van der Waals surface area contributed by atoms with Crippen molar-refractivity contribution in [1.29, 1.82) is 0 Å². The highest BCUT2D eigenvalue weighted by molar-refractivity contribution is 7.10. The normalized spacial score (nSPS) is 17.9. The standard InChI is InChI=1S/C27H26N2O2S/c30-25(14-11-20-7-3-1-4-8-20)29(22-12-13-22)19-26(31)28-17-15-24-23(16-18-32-24)27(28)21-9-5-2-6-10-21/h1-11,14,16,18,22,27H,12-13,15,17,19H2/b14-11+. The van der Waals surface area contributed by atoms with Crippen molar-refractivity contribution in [2.24, 2.45) is 0 Å². The highest BCUT2D eigenvalue weighted by atomic mass is 32.1. The van der Waals surface area contributed by atoms with Crippen molar-refractivity contribution in [1.82, 2.24) is 9.80 Å². The second kappa shape index (κ2) is 9.13. The molecule has 0 radical (unpaired) electrons. The van der Waals surface area contributed by atoms with Gasteiger partial charge in [-0.05, 0) is 53.5 Å². The van der Waals surface area contributed by atoms with Gasteiger partial charge in [-0.25, -0.2) is 0 Å².